The molecule has 0 spiro atoms. The number of methoxy groups -OCH3 is 1. The van der Waals surface area contributed by atoms with Crippen molar-refractivity contribution in [3.05, 3.63) is 46.9 Å². The van der Waals surface area contributed by atoms with Gasteiger partial charge in [0.1, 0.15) is 12.4 Å². The summed E-state index contributed by atoms with van der Waals surface area (Å²) < 4.78 is 21.6. The highest BCUT2D eigenvalue weighted by atomic mass is 16.5. The monoisotopic (exact) mass is 456 g/mol. The smallest absolute Gasteiger partial charge is 0.331 e. The van der Waals surface area contributed by atoms with Crippen molar-refractivity contribution in [2.45, 2.75) is 46.6 Å². The number of ether oxygens (including phenoxy) is 3. The van der Waals surface area contributed by atoms with Gasteiger partial charge in [0, 0.05) is 19.2 Å². The molecule has 1 fully saturated rings. The van der Waals surface area contributed by atoms with Gasteiger partial charge in [-0.2, -0.15) is 0 Å². The lowest BCUT2D eigenvalue weighted by molar-refractivity contribution is -0.148. The van der Waals surface area contributed by atoms with Crippen molar-refractivity contribution in [1.82, 2.24) is 10.1 Å². The van der Waals surface area contributed by atoms with Crippen molar-refractivity contribution in [3.63, 3.8) is 0 Å². The number of rotatable bonds is 12. The molecule has 0 radical (unpaired) electrons. The Kier molecular flexibility index (Phi) is 8.52. The Balaban J connectivity index is 1.53. The van der Waals surface area contributed by atoms with Crippen molar-refractivity contribution in [1.29, 1.82) is 0 Å². The van der Waals surface area contributed by atoms with Gasteiger partial charge in [-0.25, -0.2) is 4.79 Å². The molecular weight excluding hydrogens is 424 g/mol. The summed E-state index contributed by atoms with van der Waals surface area (Å²) in [5.74, 6) is 1.70. The molecule has 33 heavy (non-hydrogen) atoms. The summed E-state index contributed by atoms with van der Waals surface area (Å²) in [5.41, 5.74) is 2.42. The largest absolute Gasteiger partial charge is 0.493 e. The molecule has 0 unspecified atom stereocenters. The van der Waals surface area contributed by atoms with Crippen LogP contribution in [-0.2, 0) is 20.9 Å². The van der Waals surface area contributed by atoms with Gasteiger partial charge in [-0.15, -0.1) is 0 Å². The maximum atomic E-state index is 12.4. The van der Waals surface area contributed by atoms with E-state index in [2.05, 4.69) is 5.16 Å². The molecule has 0 atom stereocenters. The first-order chi connectivity index (χ1) is 15.9. The van der Waals surface area contributed by atoms with Gasteiger partial charge in [-0.05, 0) is 62.8 Å². The molecule has 1 heterocycles. The standard InChI is InChI=1S/C25H32N2O6/c1-5-12-27(14-20-6-7-20)24(28)16-32-25(29)11-9-19-8-10-22(23(13-19)30-4)31-15-21-17(2)26-33-18(21)3/h8-11,13,20H,5-7,12,14-16H2,1-4H3/b11-9+. The SMILES string of the molecule is CCCN(CC1CC1)C(=O)COC(=O)/C=C/c1ccc(OCc2c(C)noc2C)c(OC)c1. The topological polar surface area (TPSA) is 91.1 Å². The Morgan fingerprint density at radius 3 is 2.67 bits per heavy atom. The molecule has 1 aromatic heterocycles. The van der Waals surface area contributed by atoms with E-state index in [4.69, 9.17) is 18.7 Å². The zero-order valence-corrected chi connectivity index (χ0v) is 19.8. The predicted molar refractivity (Wildman–Crippen MR) is 123 cm³/mol. The Bertz CT molecular complexity index is 973. The Labute approximate surface area is 194 Å². The maximum absolute atomic E-state index is 12.4. The summed E-state index contributed by atoms with van der Waals surface area (Å²) in [6.07, 6.45) is 6.14. The van der Waals surface area contributed by atoms with Crippen LogP contribution in [0.3, 0.4) is 0 Å². The summed E-state index contributed by atoms with van der Waals surface area (Å²) in [4.78, 5) is 26.3. The minimum absolute atomic E-state index is 0.146. The molecule has 3 rings (SSSR count). The zero-order chi connectivity index (χ0) is 23.8. The highest BCUT2D eigenvalue weighted by Gasteiger charge is 2.26. The third-order valence-corrected chi connectivity index (χ3v) is 5.51. The van der Waals surface area contributed by atoms with Crippen LogP contribution in [0.15, 0.2) is 28.8 Å². The first kappa shape index (κ1) is 24.4. The number of aromatic nitrogens is 1. The second kappa shape index (κ2) is 11.5. The second-order valence-corrected chi connectivity index (χ2v) is 8.23. The first-order valence-electron chi connectivity index (χ1n) is 11.3. The lowest BCUT2D eigenvalue weighted by atomic mass is 10.2. The van der Waals surface area contributed by atoms with E-state index in [-0.39, 0.29) is 12.5 Å². The van der Waals surface area contributed by atoms with Crippen LogP contribution in [0.5, 0.6) is 11.5 Å². The number of hydrogen-bond donors (Lipinski definition) is 0. The van der Waals surface area contributed by atoms with Gasteiger partial charge >= 0.3 is 5.97 Å². The molecule has 1 aromatic carbocycles. The number of esters is 1. The minimum atomic E-state index is -0.566. The lowest BCUT2D eigenvalue weighted by Crippen LogP contribution is -2.36. The molecule has 0 saturated heterocycles. The van der Waals surface area contributed by atoms with Crippen LogP contribution in [0.1, 0.15) is 48.8 Å². The molecule has 1 amide bonds. The zero-order valence-electron chi connectivity index (χ0n) is 19.8. The van der Waals surface area contributed by atoms with Crippen molar-refractivity contribution in [2.75, 3.05) is 26.8 Å². The normalized spacial score (nSPS) is 13.2. The van der Waals surface area contributed by atoms with Crippen LogP contribution in [-0.4, -0.2) is 48.7 Å². The van der Waals surface area contributed by atoms with Gasteiger partial charge < -0.3 is 23.6 Å². The van der Waals surface area contributed by atoms with Crippen LogP contribution in [0.2, 0.25) is 0 Å². The number of carbonyl (C=O) groups is 2. The molecule has 0 N–H and O–H groups in total. The molecule has 2 aromatic rings. The Morgan fingerprint density at radius 1 is 1.24 bits per heavy atom. The van der Waals surface area contributed by atoms with Gasteiger partial charge in [0.2, 0.25) is 0 Å². The fourth-order valence-electron chi connectivity index (χ4n) is 3.40. The van der Waals surface area contributed by atoms with Crippen LogP contribution in [0, 0.1) is 19.8 Å². The van der Waals surface area contributed by atoms with Crippen molar-refractivity contribution in [3.8, 4) is 11.5 Å². The van der Waals surface area contributed by atoms with E-state index in [1.165, 1.54) is 18.9 Å². The van der Waals surface area contributed by atoms with Gasteiger partial charge in [-0.1, -0.05) is 18.1 Å². The van der Waals surface area contributed by atoms with Gasteiger partial charge in [0.25, 0.3) is 5.91 Å². The number of aryl methyl sites for hydroxylation is 2. The van der Waals surface area contributed by atoms with Crippen molar-refractivity contribution < 1.29 is 28.3 Å². The summed E-state index contributed by atoms with van der Waals surface area (Å²) >= 11 is 0. The number of benzene rings is 1. The van der Waals surface area contributed by atoms with E-state index in [1.54, 1.807) is 36.3 Å². The van der Waals surface area contributed by atoms with E-state index in [1.807, 2.05) is 20.8 Å². The quantitative estimate of drug-likeness (QED) is 0.351. The second-order valence-electron chi connectivity index (χ2n) is 8.23. The van der Waals surface area contributed by atoms with Crippen LogP contribution in [0.25, 0.3) is 6.08 Å². The molecule has 1 saturated carbocycles. The highest BCUT2D eigenvalue weighted by Crippen LogP contribution is 2.30. The predicted octanol–water partition coefficient (Wildman–Crippen LogP) is 4.08. The van der Waals surface area contributed by atoms with Crippen LogP contribution >= 0.6 is 0 Å². The minimum Gasteiger partial charge on any atom is -0.493 e. The average molecular weight is 457 g/mol. The summed E-state index contributed by atoms with van der Waals surface area (Å²) in [6, 6.07) is 5.33. The van der Waals surface area contributed by atoms with E-state index in [0.717, 1.165) is 29.8 Å². The molecule has 1 aliphatic carbocycles. The van der Waals surface area contributed by atoms with E-state index in [0.29, 0.717) is 36.3 Å². The van der Waals surface area contributed by atoms with Crippen LogP contribution in [0.4, 0.5) is 0 Å². The third kappa shape index (κ3) is 7.10. The Hall–Kier alpha value is -3.29. The fraction of sp³-hybridized carbons (Fsp3) is 0.480. The van der Waals surface area contributed by atoms with Crippen LogP contribution < -0.4 is 9.47 Å². The maximum Gasteiger partial charge on any atom is 0.331 e. The first-order valence-corrected chi connectivity index (χ1v) is 11.3. The van der Waals surface area contributed by atoms with E-state index in [9.17, 15) is 9.59 Å². The van der Waals surface area contributed by atoms with E-state index >= 15 is 0 Å². The average Bonchev–Trinajstić information content (AvgIpc) is 3.58. The van der Waals surface area contributed by atoms with Gasteiger partial charge in [-0.3, -0.25) is 4.79 Å². The lowest BCUT2D eigenvalue weighted by Gasteiger charge is -2.21. The van der Waals surface area contributed by atoms with Gasteiger partial charge in [0.15, 0.2) is 18.1 Å². The number of amides is 1. The molecular formula is C25H32N2O6. The third-order valence-electron chi connectivity index (χ3n) is 5.51. The molecule has 1 aliphatic rings. The molecule has 8 nitrogen and oxygen atoms in total. The highest BCUT2D eigenvalue weighted by molar-refractivity contribution is 5.89. The summed E-state index contributed by atoms with van der Waals surface area (Å²) in [5, 5.41) is 3.92. The molecule has 8 heteroatoms. The molecule has 178 valence electrons. The number of carbonyl (C=O) groups excluding carboxylic acids is 2. The molecule has 0 bridgehead atoms. The van der Waals surface area contributed by atoms with Gasteiger partial charge in [0.05, 0.1) is 18.4 Å². The van der Waals surface area contributed by atoms with Crippen molar-refractivity contribution in [2.24, 2.45) is 5.92 Å². The Morgan fingerprint density at radius 2 is 2.03 bits per heavy atom. The number of hydrogen-bond acceptors (Lipinski definition) is 7. The van der Waals surface area contributed by atoms with Crippen molar-refractivity contribution >= 4 is 18.0 Å². The summed E-state index contributed by atoms with van der Waals surface area (Å²) in [6.45, 7) is 7.24. The number of nitrogens with zero attached hydrogens (tertiary/aromatic N) is 2. The van der Waals surface area contributed by atoms with E-state index < -0.39 is 5.97 Å². The summed E-state index contributed by atoms with van der Waals surface area (Å²) in [7, 11) is 1.55. The molecule has 0 aliphatic heterocycles. The fourth-order valence-corrected chi connectivity index (χ4v) is 3.40.